The molecule has 0 unspecified atom stereocenters. The largest absolute Gasteiger partial charge is 0.478 e. The molecule has 0 fully saturated rings. The van der Waals surface area contributed by atoms with E-state index in [1.54, 1.807) is 6.07 Å². The maximum absolute atomic E-state index is 11.5. The van der Waals surface area contributed by atoms with Gasteiger partial charge in [0.05, 0.1) is 11.0 Å². The number of rotatable bonds is 4. The zero-order valence-electron chi connectivity index (χ0n) is 18.4. The molecule has 0 aliphatic carbocycles. The van der Waals surface area contributed by atoms with Crippen molar-refractivity contribution >= 4 is 29.1 Å². The van der Waals surface area contributed by atoms with Crippen molar-refractivity contribution in [1.82, 2.24) is 0 Å². The molecule has 4 nitrogen and oxygen atoms in total. The third-order valence-corrected chi connectivity index (χ3v) is 5.55. The second kappa shape index (κ2) is 7.18. The van der Waals surface area contributed by atoms with Gasteiger partial charge in [-0.2, -0.15) is 4.58 Å². The molecule has 29 heavy (non-hydrogen) atoms. The summed E-state index contributed by atoms with van der Waals surface area (Å²) in [5, 5.41) is 9.45. The summed E-state index contributed by atoms with van der Waals surface area (Å²) in [5.74, 6) is -0.893. The zero-order valence-corrected chi connectivity index (χ0v) is 18.4. The number of aromatic carboxylic acids is 1. The molecule has 4 heteroatoms. The summed E-state index contributed by atoms with van der Waals surface area (Å²) in [6.07, 6.45) is 4.32. The van der Waals surface area contributed by atoms with E-state index in [0.29, 0.717) is 5.56 Å². The number of carboxylic acid groups (broad SMARTS) is 1. The first-order valence-corrected chi connectivity index (χ1v) is 9.94. The number of benzene rings is 2. The van der Waals surface area contributed by atoms with Gasteiger partial charge in [0, 0.05) is 58.3 Å². The van der Waals surface area contributed by atoms with Gasteiger partial charge >= 0.3 is 5.97 Å². The summed E-state index contributed by atoms with van der Waals surface area (Å²) in [4.78, 5) is 13.6. The third-order valence-electron chi connectivity index (χ3n) is 5.55. The number of fused-ring (bicyclic) bond motifs is 1. The summed E-state index contributed by atoms with van der Waals surface area (Å²) >= 11 is 0. The minimum Gasteiger partial charge on any atom is -0.478 e. The smallest absolute Gasteiger partial charge is 0.335 e. The Bertz CT molecular complexity index is 1000. The molecule has 0 amide bonds. The molecular formula is C25H31N2O2+. The number of allylic oxidation sites excluding steroid dienone is 1. The SMILES string of the molecule is CN(C)c1ccc(/C=C/C2=[N+](C(C)(C)C)c3ccc(C(=O)O)cc3C2(C)C)cc1. The van der Waals surface area contributed by atoms with E-state index in [1.807, 2.05) is 26.2 Å². The number of anilines is 1. The van der Waals surface area contributed by atoms with E-state index in [4.69, 9.17) is 0 Å². The van der Waals surface area contributed by atoms with Crippen LogP contribution in [-0.2, 0) is 5.41 Å². The monoisotopic (exact) mass is 391 g/mol. The van der Waals surface area contributed by atoms with Crippen LogP contribution in [0.1, 0.15) is 56.1 Å². The van der Waals surface area contributed by atoms with E-state index in [9.17, 15) is 9.90 Å². The van der Waals surface area contributed by atoms with Crippen LogP contribution in [0, 0.1) is 0 Å². The van der Waals surface area contributed by atoms with Gasteiger partial charge in [-0.3, -0.25) is 0 Å². The highest BCUT2D eigenvalue weighted by Crippen LogP contribution is 2.43. The van der Waals surface area contributed by atoms with Gasteiger partial charge in [0.2, 0.25) is 5.69 Å². The number of carbonyl (C=O) groups is 1. The lowest BCUT2D eigenvalue weighted by Gasteiger charge is -2.19. The average molecular weight is 392 g/mol. The second-order valence-corrected chi connectivity index (χ2v) is 9.37. The predicted octanol–water partition coefficient (Wildman–Crippen LogP) is 5.34. The second-order valence-electron chi connectivity index (χ2n) is 9.37. The first-order chi connectivity index (χ1) is 13.4. The number of hydrogen-bond donors (Lipinski definition) is 1. The lowest BCUT2D eigenvalue weighted by Crippen LogP contribution is -2.35. The first-order valence-electron chi connectivity index (χ1n) is 9.94. The van der Waals surface area contributed by atoms with Gasteiger partial charge in [-0.25, -0.2) is 4.79 Å². The van der Waals surface area contributed by atoms with Gasteiger partial charge in [0.25, 0.3) is 0 Å². The molecule has 0 bridgehead atoms. The molecule has 2 aromatic rings. The highest BCUT2D eigenvalue weighted by molar-refractivity contribution is 6.06. The molecule has 2 aromatic carbocycles. The van der Waals surface area contributed by atoms with Crippen molar-refractivity contribution in [3.05, 3.63) is 65.2 Å². The molecule has 0 saturated carbocycles. The molecule has 1 aliphatic heterocycles. The molecule has 0 atom stereocenters. The fourth-order valence-corrected chi connectivity index (χ4v) is 3.98. The Morgan fingerprint density at radius 1 is 1.03 bits per heavy atom. The van der Waals surface area contributed by atoms with E-state index in [1.165, 1.54) is 11.4 Å². The molecule has 0 radical (unpaired) electrons. The van der Waals surface area contributed by atoms with Gasteiger partial charge in [-0.1, -0.05) is 12.1 Å². The molecule has 0 aromatic heterocycles. The van der Waals surface area contributed by atoms with E-state index in [0.717, 1.165) is 16.8 Å². The Hall–Kier alpha value is -2.88. The Balaban J connectivity index is 2.10. The van der Waals surface area contributed by atoms with Crippen molar-refractivity contribution in [2.24, 2.45) is 0 Å². The van der Waals surface area contributed by atoms with E-state index in [-0.39, 0.29) is 11.0 Å². The molecule has 1 aliphatic rings. The van der Waals surface area contributed by atoms with Crippen molar-refractivity contribution in [2.45, 2.75) is 45.6 Å². The predicted molar refractivity (Wildman–Crippen MR) is 121 cm³/mol. The average Bonchev–Trinajstić information content (AvgIpc) is 2.86. The Kier molecular flexibility index (Phi) is 5.16. The van der Waals surface area contributed by atoms with Gasteiger partial charge in [0.15, 0.2) is 11.3 Å². The van der Waals surface area contributed by atoms with Crippen LogP contribution < -0.4 is 4.90 Å². The third kappa shape index (κ3) is 3.84. The van der Waals surface area contributed by atoms with Crippen molar-refractivity contribution in [3.63, 3.8) is 0 Å². The summed E-state index contributed by atoms with van der Waals surface area (Å²) in [7, 11) is 4.07. The van der Waals surface area contributed by atoms with Crippen LogP contribution in [0.4, 0.5) is 11.4 Å². The molecule has 152 valence electrons. The molecule has 0 spiro atoms. The molecular weight excluding hydrogens is 360 g/mol. The van der Waals surface area contributed by atoms with Crippen molar-refractivity contribution in [3.8, 4) is 0 Å². The van der Waals surface area contributed by atoms with Crippen LogP contribution in [0.25, 0.3) is 6.08 Å². The van der Waals surface area contributed by atoms with E-state index < -0.39 is 5.97 Å². The summed E-state index contributed by atoms with van der Waals surface area (Å²) in [6, 6.07) is 13.9. The van der Waals surface area contributed by atoms with E-state index >= 15 is 0 Å². The minimum atomic E-state index is -0.893. The summed E-state index contributed by atoms with van der Waals surface area (Å²) < 4.78 is 2.33. The van der Waals surface area contributed by atoms with E-state index in [2.05, 4.69) is 80.5 Å². The van der Waals surface area contributed by atoms with Crippen molar-refractivity contribution in [1.29, 1.82) is 0 Å². The lowest BCUT2D eigenvalue weighted by molar-refractivity contribution is -0.517. The van der Waals surface area contributed by atoms with Crippen LogP contribution in [0.5, 0.6) is 0 Å². The topological polar surface area (TPSA) is 43.5 Å². The normalized spacial score (nSPS) is 15.7. The summed E-state index contributed by atoms with van der Waals surface area (Å²) in [6.45, 7) is 10.9. The Labute approximate surface area is 173 Å². The fraction of sp³-hybridized carbons (Fsp3) is 0.360. The molecule has 0 saturated heterocycles. The Morgan fingerprint density at radius 2 is 1.66 bits per heavy atom. The minimum absolute atomic E-state index is 0.137. The molecule has 1 N–H and O–H groups in total. The van der Waals surface area contributed by atoms with Crippen molar-refractivity contribution in [2.75, 3.05) is 19.0 Å². The maximum atomic E-state index is 11.5. The van der Waals surface area contributed by atoms with Gasteiger partial charge < -0.3 is 10.0 Å². The van der Waals surface area contributed by atoms with Crippen molar-refractivity contribution < 1.29 is 14.5 Å². The van der Waals surface area contributed by atoms with Gasteiger partial charge in [-0.15, -0.1) is 0 Å². The lowest BCUT2D eigenvalue weighted by atomic mass is 9.80. The molecule has 1 heterocycles. The fourth-order valence-electron chi connectivity index (χ4n) is 3.98. The summed E-state index contributed by atoms with van der Waals surface area (Å²) in [5.41, 5.74) is 5.49. The van der Waals surface area contributed by atoms with Crippen LogP contribution in [0.15, 0.2) is 48.5 Å². The highest BCUT2D eigenvalue weighted by atomic mass is 16.4. The maximum Gasteiger partial charge on any atom is 0.335 e. The number of nitrogens with zero attached hydrogens (tertiary/aromatic N) is 2. The first kappa shape index (κ1) is 20.8. The zero-order chi connectivity index (χ0) is 21.6. The standard InChI is InChI=1S/C25H30N2O2/c1-24(2,3)27-21-14-11-18(23(28)29)16-20(21)25(4,5)22(27)15-10-17-8-12-19(13-9-17)26(6)7/h8-16H,1-7H3/p+1. The number of hydrogen-bond acceptors (Lipinski definition) is 2. The van der Waals surface area contributed by atoms with Crippen LogP contribution >= 0.6 is 0 Å². The van der Waals surface area contributed by atoms with Gasteiger partial charge in [0.1, 0.15) is 0 Å². The van der Waals surface area contributed by atoms with Crippen LogP contribution in [0.3, 0.4) is 0 Å². The number of carboxylic acids is 1. The van der Waals surface area contributed by atoms with Gasteiger partial charge in [-0.05, 0) is 49.8 Å². The van der Waals surface area contributed by atoms with Crippen LogP contribution in [0.2, 0.25) is 0 Å². The highest BCUT2D eigenvalue weighted by Gasteiger charge is 2.48. The quantitative estimate of drug-likeness (QED) is 0.716. The molecule has 3 rings (SSSR count). The Morgan fingerprint density at radius 3 is 2.17 bits per heavy atom. The van der Waals surface area contributed by atoms with Crippen LogP contribution in [-0.4, -0.2) is 41.0 Å².